The van der Waals surface area contributed by atoms with Crippen molar-refractivity contribution in [2.45, 2.75) is 44.9 Å². The van der Waals surface area contributed by atoms with Crippen molar-refractivity contribution in [3.8, 4) is 0 Å². The van der Waals surface area contributed by atoms with Gasteiger partial charge in [-0.2, -0.15) is 5.10 Å². The van der Waals surface area contributed by atoms with Crippen molar-refractivity contribution in [2.24, 2.45) is 14.1 Å². The highest BCUT2D eigenvalue weighted by Gasteiger charge is 2.30. The Morgan fingerprint density at radius 2 is 2.27 bits per heavy atom. The number of rotatable bonds is 5. The molecule has 6 nitrogen and oxygen atoms in total. The molecule has 0 unspecified atom stereocenters. The van der Waals surface area contributed by atoms with Crippen molar-refractivity contribution in [3.63, 3.8) is 0 Å². The van der Waals surface area contributed by atoms with E-state index in [0.717, 1.165) is 38.2 Å². The third kappa shape index (κ3) is 3.08. The summed E-state index contributed by atoms with van der Waals surface area (Å²) in [7, 11) is 4.00. The van der Waals surface area contributed by atoms with E-state index in [-0.39, 0.29) is 6.10 Å². The fourth-order valence-electron chi connectivity index (χ4n) is 3.17. The van der Waals surface area contributed by atoms with Crippen LogP contribution in [0.1, 0.15) is 43.0 Å². The van der Waals surface area contributed by atoms with Crippen LogP contribution in [-0.2, 0) is 31.8 Å². The number of nitrogens with zero attached hydrogens (tertiary/aromatic N) is 4. The second-order valence-corrected chi connectivity index (χ2v) is 5.95. The molecule has 6 heteroatoms. The number of imidazole rings is 1. The Bertz CT molecular complexity index is 618. The second kappa shape index (κ2) is 6.62. The van der Waals surface area contributed by atoms with Gasteiger partial charge in [0.1, 0.15) is 11.9 Å². The number of ether oxygens (including phenoxy) is 1. The molecule has 1 aliphatic heterocycles. The predicted octanol–water partition coefficient (Wildman–Crippen LogP) is 1.73. The van der Waals surface area contributed by atoms with Gasteiger partial charge in [-0.25, -0.2) is 4.98 Å². The largest absolute Gasteiger partial charge is 0.369 e. The van der Waals surface area contributed by atoms with E-state index in [1.165, 1.54) is 11.3 Å². The summed E-state index contributed by atoms with van der Waals surface area (Å²) >= 11 is 0. The van der Waals surface area contributed by atoms with Gasteiger partial charge in [0.2, 0.25) is 0 Å². The van der Waals surface area contributed by atoms with E-state index in [1.54, 1.807) is 0 Å². The van der Waals surface area contributed by atoms with E-state index in [4.69, 9.17) is 4.74 Å². The number of hydrogen-bond acceptors (Lipinski definition) is 4. The van der Waals surface area contributed by atoms with Crippen LogP contribution in [0.15, 0.2) is 18.6 Å². The molecule has 0 aliphatic carbocycles. The quantitative estimate of drug-likeness (QED) is 0.914. The second-order valence-electron chi connectivity index (χ2n) is 5.95. The van der Waals surface area contributed by atoms with Crippen molar-refractivity contribution < 1.29 is 4.74 Å². The van der Waals surface area contributed by atoms with Crippen LogP contribution in [0, 0.1) is 0 Å². The molecule has 2 aromatic heterocycles. The molecule has 0 radical (unpaired) electrons. The summed E-state index contributed by atoms with van der Waals surface area (Å²) < 4.78 is 9.94. The average Bonchev–Trinajstić information content (AvgIpc) is 3.10. The van der Waals surface area contributed by atoms with Crippen LogP contribution in [0.3, 0.4) is 0 Å². The Kier molecular flexibility index (Phi) is 4.59. The highest BCUT2D eigenvalue weighted by Crippen LogP contribution is 2.27. The van der Waals surface area contributed by atoms with Gasteiger partial charge >= 0.3 is 0 Å². The minimum absolute atomic E-state index is 0.0236. The number of nitrogens with one attached hydrogen (secondary N) is 1. The van der Waals surface area contributed by atoms with Crippen molar-refractivity contribution in [3.05, 3.63) is 35.7 Å². The van der Waals surface area contributed by atoms with Crippen LogP contribution in [0.5, 0.6) is 0 Å². The van der Waals surface area contributed by atoms with Gasteiger partial charge < -0.3 is 14.6 Å². The first-order chi connectivity index (χ1) is 10.7. The maximum absolute atomic E-state index is 6.00. The van der Waals surface area contributed by atoms with Gasteiger partial charge in [0.25, 0.3) is 0 Å². The van der Waals surface area contributed by atoms with Gasteiger partial charge in [-0.15, -0.1) is 0 Å². The zero-order valence-electron chi connectivity index (χ0n) is 13.6. The van der Waals surface area contributed by atoms with Crippen LogP contribution >= 0.6 is 0 Å². The standard InChI is InChI=1S/C16H25N5O/c1-4-13-12(11-21(3)19-13)10-18-14-6-5-9-22-15(14)16-17-7-8-20(16)2/h7-8,11,14-15,18H,4-6,9-10H2,1-3H3/t14-,15-/m0/s1. The smallest absolute Gasteiger partial charge is 0.139 e. The zero-order chi connectivity index (χ0) is 15.5. The van der Waals surface area contributed by atoms with Gasteiger partial charge in [0.15, 0.2) is 0 Å². The van der Waals surface area contributed by atoms with Crippen LogP contribution in [0.4, 0.5) is 0 Å². The van der Waals surface area contributed by atoms with Crippen LogP contribution in [-0.4, -0.2) is 32.0 Å². The summed E-state index contributed by atoms with van der Waals surface area (Å²) in [6, 6.07) is 0.291. The first-order valence-corrected chi connectivity index (χ1v) is 8.02. The molecule has 1 aliphatic rings. The van der Waals surface area contributed by atoms with E-state index in [2.05, 4.69) is 28.5 Å². The summed E-state index contributed by atoms with van der Waals surface area (Å²) in [5.41, 5.74) is 2.44. The highest BCUT2D eigenvalue weighted by molar-refractivity contribution is 5.17. The van der Waals surface area contributed by atoms with Crippen molar-refractivity contribution in [2.75, 3.05) is 6.61 Å². The summed E-state index contributed by atoms with van der Waals surface area (Å²) in [6.45, 7) is 3.78. The Hall–Kier alpha value is -1.66. The number of hydrogen-bond donors (Lipinski definition) is 1. The molecule has 1 fully saturated rings. The first-order valence-electron chi connectivity index (χ1n) is 8.02. The third-order valence-electron chi connectivity index (χ3n) is 4.32. The lowest BCUT2D eigenvalue weighted by Gasteiger charge is -2.32. The van der Waals surface area contributed by atoms with E-state index >= 15 is 0 Å². The van der Waals surface area contributed by atoms with E-state index in [1.807, 2.05) is 35.7 Å². The Morgan fingerprint density at radius 3 is 3.00 bits per heavy atom. The number of aryl methyl sites for hydroxylation is 3. The Balaban J connectivity index is 1.70. The lowest BCUT2D eigenvalue weighted by atomic mass is 10.0. The number of aromatic nitrogens is 4. The zero-order valence-corrected chi connectivity index (χ0v) is 13.6. The third-order valence-corrected chi connectivity index (χ3v) is 4.32. The molecule has 22 heavy (non-hydrogen) atoms. The van der Waals surface area contributed by atoms with Crippen molar-refractivity contribution in [1.29, 1.82) is 0 Å². The summed E-state index contributed by atoms with van der Waals surface area (Å²) in [5.74, 6) is 0.999. The Morgan fingerprint density at radius 1 is 1.41 bits per heavy atom. The molecule has 3 rings (SSSR count). The normalized spacial score (nSPS) is 22.1. The molecular weight excluding hydrogens is 278 g/mol. The maximum atomic E-state index is 6.00. The molecule has 0 amide bonds. The maximum Gasteiger partial charge on any atom is 0.139 e. The molecule has 0 saturated carbocycles. The molecule has 0 bridgehead atoms. The van der Waals surface area contributed by atoms with Gasteiger partial charge in [-0.1, -0.05) is 6.92 Å². The molecule has 2 atom stereocenters. The highest BCUT2D eigenvalue weighted by atomic mass is 16.5. The van der Waals surface area contributed by atoms with Gasteiger partial charge in [0, 0.05) is 57.4 Å². The summed E-state index contributed by atoms with van der Waals surface area (Å²) in [6.07, 6.45) is 9.09. The van der Waals surface area contributed by atoms with Crippen molar-refractivity contribution in [1.82, 2.24) is 24.6 Å². The van der Waals surface area contributed by atoms with E-state index in [9.17, 15) is 0 Å². The molecule has 0 spiro atoms. The molecule has 2 aromatic rings. The molecule has 1 N–H and O–H groups in total. The predicted molar refractivity (Wildman–Crippen MR) is 84.3 cm³/mol. The van der Waals surface area contributed by atoms with Crippen LogP contribution in [0.2, 0.25) is 0 Å². The average molecular weight is 303 g/mol. The Labute approximate surface area is 131 Å². The topological polar surface area (TPSA) is 56.9 Å². The molecule has 1 saturated heterocycles. The van der Waals surface area contributed by atoms with E-state index in [0.29, 0.717) is 6.04 Å². The molecule has 0 aromatic carbocycles. The lowest BCUT2D eigenvalue weighted by molar-refractivity contribution is -0.0178. The summed E-state index contributed by atoms with van der Waals surface area (Å²) in [4.78, 5) is 4.46. The molecule has 120 valence electrons. The molecule has 3 heterocycles. The van der Waals surface area contributed by atoms with Crippen LogP contribution in [0.25, 0.3) is 0 Å². The van der Waals surface area contributed by atoms with Gasteiger partial charge in [0.05, 0.1) is 5.69 Å². The van der Waals surface area contributed by atoms with Gasteiger partial charge in [-0.3, -0.25) is 4.68 Å². The minimum atomic E-state index is 0.0236. The summed E-state index contributed by atoms with van der Waals surface area (Å²) in [5, 5.41) is 8.16. The van der Waals surface area contributed by atoms with Crippen LogP contribution < -0.4 is 5.32 Å². The SMILES string of the molecule is CCc1nn(C)cc1CN[C@H]1CCCO[C@@H]1c1nccn1C. The first kappa shape index (κ1) is 15.2. The molecular formula is C16H25N5O. The monoisotopic (exact) mass is 303 g/mol. The van der Waals surface area contributed by atoms with E-state index < -0.39 is 0 Å². The van der Waals surface area contributed by atoms with Gasteiger partial charge in [-0.05, 0) is 19.3 Å². The fourth-order valence-corrected chi connectivity index (χ4v) is 3.17. The van der Waals surface area contributed by atoms with Crippen molar-refractivity contribution >= 4 is 0 Å². The fraction of sp³-hybridized carbons (Fsp3) is 0.625. The minimum Gasteiger partial charge on any atom is -0.369 e. The lowest BCUT2D eigenvalue weighted by Crippen LogP contribution is -2.40.